The van der Waals surface area contributed by atoms with E-state index in [1.165, 1.54) is 23.9 Å². The lowest BCUT2D eigenvalue weighted by Gasteiger charge is -2.21. The number of amides is 1. The van der Waals surface area contributed by atoms with Crippen LogP contribution in [-0.2, 0) is 16.9 Å². The lowest BCUT2D eigenvalue weighted by Crippen LogP contribution is -2.23. The first-order valence-corrected chi connectivity index (χ1v) is 10.2. The molecule has 1 aromatic heterocycles. The van der Waals surface area contributed by atoms with Crippen LogP contribution in [0.15, 0.2) is 29.3 Å². The molecule has 0 atom stereocenters. The van der Waals surface area contributed by atoms with Gasteiger partial charge in [-0.3, -0.25) is 4.79 Å². The van der Waals surface area contributed by atoms with E-state index in [1.54, 1.807) is 0 Å². The van der Waals surface area contributed by atoms with Crippen LogP contribution in [0, 0.1) is 17.0 Å². The third kappa shape index (κ3) is 4.87. The molecule has 0 fully saturated rings. The zero-order valence-electron chi connectivity index (χ0n) is 15.4. The first-order valence-electron chi connectivity index (χ1n) is 8.21. The number of carbonyl (C=O) groups excluding carboxylic acids is 1. The lowest BCUT2D eigenvalue weighted by molar-refractivity contribution is 0.101. The van der Waals surface area contributed by atoms with Crippen molar-refractivity contribution in [2.45, 2.75) is 32.1 Å². The number of sulfone groups is 1. The van der Waals surface area contributed by atoms with Crippen molar-refractivity contribution in [2.24, 2.45) is 12.5 Å². The molecule has 0 saturated carbocycles. The van der Waals surface area contributed by atoms with Gasteiger partial charge in [-0.1, -0.05) is 38.8 Å². The maximum absolute atomic E-state index is 13.4. The molecule has 2 aromatic rings. The molecule has 1 heterocycles. The molecule has 2 rings (SSSR count). The van der Waals surface area contributed by atoms with Gasteiger partial charge >= 0.3 is 0 Å². The van der Waals surface area contributed by atoms with Gasteiger partial charge in [-0.05, 0) is 17.5 Å². The predicted molar refractivity (Wildman–Crippen MR) is 101 cm³/mol. The molecule has 0 radical (unpaired) electrons. The molecule has 0 spiro atoms. The standard InChI is InChI=1S/C18H21ClF2N2O3S/c1-5-18(2,3)10-27(25,26)12-8-15(23(4)9-12)17(24)22-11-6-13(19)16(21)14(20)7-11/h6-9H,5,10H2,1-4H3,(H,22,24). The summed E-state index contributed by atoms with van der Waals surface area (Å²) in [5.74, 6) is -3.13. The number of carbonyl (C=O) groups is 1. The Kier molecular flexibility index (Phi) is 6.01. The highest BCUT2D eigenvalue weighted by Crippen LogP contribution is 2.27. The van der Waals surface area contributed by atoms with Gasteiger partial charge in [0.1, 0.15) is 5.69 Å². The Hall–Kier alpha value is -1.93. The van der Waals surface area contributed by atoms with Crippen molar-refractivity contribution in [1.29, 1.82) is 0 Å². The molecule has 148 valence electrons. The monoisotopic (exact) mass is 418 g/mol. The van der Waals surface area contributed by atoms with Crippen LogP contribution in [-0.4, -0.2) is 24.6 Å². The van der Waals surface area contributed by atoms with E-state index in [9.17, 15) is 22.0 Å². The zero-order chi connectivity index (χ0) is 20.6. The highest BCUT2D eigenvalue weighted by molar-refractivity contribution is 7.91. The van der Waals surface area contributed by atoms with Crippen LogP contribution in [0.5, 0.6) is 0 Å². The van der Waals surface area contributed by atoms with Crippen molar-refractivity contribution in [1.82, 2.24) is 4.57 Å². The maximum atomic E-state index is 13.4. The normalized spacial score (nSPS) is 12.3. The van der Waals surface area contributed by atoms with Crippen LogP contribution in [0.2, 0.25) is 5.02 Å². The summed E-state index contributed by atoms with van der Waals surface area (Å²) in [6.07, 6.45) is 2.04. The highest BCUT2D eigenvalue weighted by atomic mass is 35.5. The van der Waals surface area contributed by atoms with Crippen molar-refractivity contribution in [3.63, 3.8) is 0 Å². The number of hydrogen-bond donors (Lipinski definition) is 1. The minimum Gasteiger partial charge on any atom is -0.345 e. The van der Waals surface area contributed by atoms with E-state index in [2.05, 4.69) is 5.32 Å². The molecule has 1 amide bonds. The van der Waals surface area contributed by atoms with Gasteiger partial charge in [0.2, 0.25) is 0 Å². The largest absolute Gasteiger partial charge is 0.345 e. The molecule has 0 unspecified atom stereocenters. The van der Waals surface area contributed by atoms with E-state index in [0.717, 1.165) is 12.1 Å². The number of nitrogens with one attached hydrogen (secondary N) is 1. The molecule has 0 aliphatic rings. The van der Waals surface area contributed by atoms with E-state index in [0.29, 0.717) is 6.42 Å². The third-order valence-corrected chi connectivity index (χ3v) is 6.73. The second-order valence-corrected chi connectivity index (χ2v) is 9.55. The van der Waals surface area contributed by atoms with Crippen LogP contribution >= 0.6 is 11.6 Å². The second-order valence-electron chi connectivity index (χ2n) is 7.16. The molecule has 5 nitrogen and oxygen atoms in total. The lowest BCUT2D eigenvalue weighted by atomic mass is 9.93. The predicted octanol–water partition coefficient (Wildman–Crippen LogP) is 4.42. The van der Waals surface area contributed by atoms with Crippen molar-refractivity contribution in [2.75, 3.05) is 11.1 Å². The molecule has 1 N–H and O–H groups in total. The number of anilines is 1. The third-order valence-electron chi connectivity index (χ3n) is 4.35. The van der Waals surface area contributed by atoms with Crippen molar-refractivity contribution < 1.29 is 22.0 Å². The molecule has 0 saturated heterocycles. The van der Waals surface area contributed by atoms with Crippen molar-refractivity contribution in [3.8, 4) is 0 Å². The Bertz CT molecular complexity index is 961. The summed E-state index contributed by atoms with van der Waals surface area (Å²) in [5.41, 5.74) is -0.384. The number of halogens is 3. The molecular weight excluding hydrogens is 398 g/mol. The van der Waals surface area contributed by atoms with Crippen molar-refractivity contribution >= 4 is 33.0 Å². The quantitative estimate of drug-likeness (QED) is 0.706. The summed E-state index contributed by atoms with van der Waals surface area (Å²) in [7, 11) is -2.06. The molecule has 9 heteroatoms. The smallest absolute Gasteiger partial charge is 0.272 e. The Morgan fingerprint density at radius 1 is 1.26 bits per heavy atom. The van der Waals surface area contributed by atoms with E-state index in [1.807, 2.05) is 20.8 Å². The van der Waals surface area contributed by atoms with E-state index >= 15 is 0 Å². The Balaban J connectivity index is 2.29. The summed E-state index contributed by atoms with van der Waals surface area (Å²) in [6, 6.07) is 3.13. The molecule has 1 aromatic carbocycles. The number of hydrogen-bond acceptors (Lipinski definition) is 3. The molecular formula is C18H21ClF2N2O3S. The molecule has 27 heavy (non-hydrogen) atoms. The first-order chi connectivity index (χ1) is 12.4. The van der Waals surface area contributed by atoms with Gasteiger partial charge in [-0.2, -0.15) is 0 Å². The number of benzene rings is 1. The van der Waals surface area contributed by atoms with Crippen LogP contribution in [0.25, 0.3) is 0 Å². The van der Waals surface area contributed by atoms with Crippen molar-refractivity contribution in [3.05, 3.63) is 46.7 Å². The molecule has 0 aliphatic heterocycles. The maximum Gasteiger partial charge on any atom is 0.272 e. The number of rotatable bonds is 6. The average molecular weight is 419 g/mol. The fourth-order valence-corrected chi connectivity index (χ4v) is 4.67. The van der Waals surface area contributed by atoms with E-state index in [4.69, 9.17) is 11.6 Å². The average Bonchev–Trinajstić information content (AvgIpc) is 2.94. The fraction of sp³-hybridized carbons (Fsp3) is 0.389. The Morgan fingerprint density at radius 2 is 1.89 bits per heavy atom. The number of aryl methyl sites for hydroxylation is 1. The minimum atomic E-state index is -3.59. The Morgan fingerprint density at radius 3 is 2.44 bits per heavy atom. The highest BCUT2D eigenvalue weighted by Gasteiger charge is 2.28. The summed E-state index contributed by atoms with van der Waals surface area (Å²) in [6.45, 7) is 5.62. The van der Waals surface area contributed by atoms with Crippen LogP contribution in [0.3, 0.4) is 0 Å². The molecule has 0 bridgehead atoms. The van der Waals surface area contributed by atoms with Gasteiger partial charge in [0, 0.05) is 25.0 Å². The zero-order valence-corrected chi connectivity index (χ0v) is 17.0. The summed E-state index contributed by atoms with van der Waals surface area (Å²) in [5, 5.41) is 1.92. The number of nitrogens with zero attached hydrogens (tertiary/aromatic N) is 1. The topological polar surface area (TPSA) is 68.2 Å². The first kappa shape index (κ1) is 21.4. The molecule has 0 aliphatic carbocycles. The second kappa shape index (κ2) is 7.59. The summed E-state index contributed by atoms with van der Waals surface area (Å²) in [4.78, 5) is 12.5. The fourth-order valence-electron chi connectivity index (χ4n) is 2.45. The van der Waals surface area contributed by atoms with Gasteiger partial charge < -0.3 is 9.88 Å². The van der Waals surface area contributed by atoms with Gasteiger partial charge in [0.15, 0.2) is 21.5 Å². The van der Waals surface area contributed by atoms with Gasteiger partial charge in [0.05, 0.1) is 15.7 Å². The number of aromatic nitrogens is 1. The van der Waals surface area contributed by atoms with Gasteiger partial charge in [-0.15, -0.1) is 0 Å². The van der Waals surface area contributed by atoms with Crippen LogP contribution in [0.4, 0.5) is 14.5 Å². The van der Waals surface area contributed by atoms with Gasteiger partial charge in [0.25, 0.3) is 5.91 Å². The Labute approximate surface area is 162 Å². The van der Waals surface area contributed by atoms with Crippen LogP contribution in [0.1, 0.15) is 37.7 Å². The van der Waals surface area contributed by atoms with Gasteiger partial charge in [-0.25, -0.2) is 17.2 Å². The van der Waals surface area contributed by atoms with Crippen LogP contribution < -0.4 is 5.32 Å². The SMILES string of the molecule is CCC(C)(C)CS(=O)(=O)c1cc(C(=O)Nc2cc(F)c(F)c(Cl)c2)n(C)c1. The summed E-state index contributed by atoms with van der Waals surface area (Å²) < 4.78 is 53.3. The minimum absolute atomic E-state index is 0.0278. The summed E-state index contributed by atoms with van der Waals surface area (Å²) >= 11 is 5.57. The van der Waals surface area contributed by atoms with E-state index in [-0.39, 0.29) is 22.0 Å². The van der Waals surface area contributed by atoms with E-state index < -0.39 is 37.8 Å².